The summed E-state index contributed by atoms with van der Waals surface area (Å²) in [5, 5.41) is 4.35. The fourth-order valence-electron chi connectivity index (χ4n) is 4.33. The summed E-state index contributed by atoms with van der Waals surface area (Å²) in [6, 6.07) is 8.44. The number of ether oxygens (including phenoxy) is 1. The van der Waals surface area contributed by atoms with Gasteiger partial charge in [0.2, 0.25) is 0 Å². The van der Waals surface area contributed by atoms with E-state index in [-0.39, 0.29) is 17.9 Å². The van der Waals surface area contributed by atoms with Crippen LogP contribution in [0.5, 0.6) is 0 Å². The minimum Gasteiger partial charge on any atom is -0.466 e. The van der Waals surface area contributed by atoms with E-state index in [0.717, 1.165) is 56.5 Å². The number of carbonyl (C=O) groups is 1. The third-order valence-electron chi connectivity index (χ3n) is 5.89. The van der Waals surface area contributed by atoms with Gasteiger partial charge in [-0.1, -0.05) is 23.7 Å². The number of hydrogen-bond donors (Lipinski definition) is 1. The van der Waals surface area contributed by atoms with Gasteiger partial charge in [-0.25, -0.2) is 0 Å². The Labute approximate surface area is 179 Å². The molecule has 7 heteroatoms. The van der Waals surface area contributed by atoms with E-state index in [2.05, 4.69) is 32.2 Å². The summed E-state index contributed by atoms with van der Waals surface area (Å²) in [4.78, 5) is 21.3. The normalized spacial score (nSPS) is 20.0. The maximum absolute atomic E-state index is 12.0. The van der Waals surface area contributed by atoms with Crippen LogP contribution in [0.25, 0.3) is 0 Å². The molecule has 1 atom stereocenters. The molecular formula is C22H33ClN4O2. The van der Waals surface area contributed by atoms with Gasteiger partial charge in [0.25, 0.3) is 0 Å². The van der Waals surface area contributed by atoms with Crippen LogP contribution in [-0.4, -0.2) is 68.1 Å². The van der Waals surface area contributed by atoms with E-state index in [1.807, 2.05) is 26.1 Å². The van der Waals surface area contributed by atoms with Gasteiger partial charge < -0.3 is 15.0 Å². The van der Waals surface area contributed by atoms with Gasteiger partial charge >= 0.3 is 5.97 Å². The molecular weight excluding hydrogens is 388 g/mol. The zero-order chi connectivity index (χ0) is 20.6. The number of aliphatic imine (C=N–C) groups is 1. The van der Waals surface area contributed by atoms with Gasteiger partial charge in [0.05, 0.1) is 18.6 Å². The number of likely N-dealkylation sites (tertiary alicyclic amines) is 2. The molecule has 0 bridgehead atoms. The van der Waals surface area contributed by atoms with Gasteiger partial charge in [0.15, 0.2) is 5.96 Å². The predicted molar refractivity (Wildman–Crippen MR) is 117 cm³/mol. The molecule has 2 aliphatic heterocycles. The molecule has 3 rings (SSSR count). The molecule has 0 aliphatic carbocycles. The topological polar surface area (TPSA) is 57.2 Å². The van der Waals surface area contributed by atoms with E-state index in [9.17, 15) is 4.79 Å². The zero-order valence-electron chi connectivity index (χ0n) is 17.6. The number of nitrogens with one attached hydrogen (secondary N) is 1. The first-order valence-corrected chi connectivity index (χ1v) is 11.1. The maximum Gasteiger partial charge on any atom is 0.309 e. The Morgan fingerprint density at radius 1 is 1.28 bits per heavy atom. The number of esters is 1. The van der Waals surface area contributed by atoms with Crippen LogP contribution >= 0.6 is 11.6 Å². The monoisotopic (exact) mass is 420 g/mol. The second-order valence-corrected chi connectivity index (χ2v) is 8.19. The Bertz CT molecular complexity index is 698. The molecule has 0 amide bonds. The van der Waals surface area contributed by atoms with Crippen LogP contribution in [0.3, 0.4) is 0 Å². The van der Waals surface area contributed by atoms with Gasteiger partial charge in [-0.05, 0) is 63.4 Å². The van der Waals surface area contributed by atoms with E-state index >= 15 is 0 Å². The predicted octanol–water partition coefficient (Wildman–Crippen LogP) is 3.33. The molecule has 0 aromatic heterocycles. The van der Waals surface area contributed by atoms with Crippen LogP contribution in [0.15, 0.2) is 29.3 Å². The molecule has 29 heavy (non-hydrogen) atoms. The number of nitrogens with zero attached hydrogens (tertiary/aromatic N) is 3. The summed E-state index contributed by atoms with van der Waals surface area (Å²) >= 11 is 6.26. The number of carbonyl (C=O) groups excluding carboxylic acids is 1. The Morgan fingerprint density at radius 3 is 2.62 bits per heavy atom. The molecule has 2 fully saturated rings. The van der Waals surface area contributed by atoms with Crippen LogP contribution in [0.2, 0.25) is 5.02 Å². The van der Waals surface area contributed by atoms with Gasteiger partial charge in [0.1, 0.15) is 0 Å². The lowest BCUT2D eigenvalue weighted by atomic mass is 9.97. The molecule has 1 N–H and O–H groups in total. The summed E-state index contributed by atoms with van der Waals surface area (Å²) in [5.41, 5.74) is 1.24. The number of guanidine groups is 1. The van der Waals surface area contributed by atoms with E-state index in [1.165, 1.54) is 18.4 Å². The smallest absolute Gasteiger partial charge is 0.309 e. The fraction of sp³-hybridized carbons (Fsp3) is 0.636. The number of hydrogen-bond acceptors (Lipinski definition) is 4. The minimum atomic E-state index is -0.0647. The molecule has 2 saturated heterocycles. The first kappa shape index (κ1) is 21.9. The second-order valence-electron chi connectivity index (χ2n) is 7.76. The highest BCUT2D eigenvalue weighted by Crippen LogP contribution is 2.27. The average Bonchev–Trinajstić information content (AvgIpc) is 3.26. The molecule has 0 saturated carbocycles. The quantitative estimate of drug-likeness (QED) is 0.434. The van der Waals surface area contributed by atoms with Crippen LogP contribution in [0.4, 0.5) is 0 Å². The van der Waals surface area contributed by atoms with E-state index in [0.29, 0.717) is 6.61 Å². The molecule has 0 radical (unpaired) electrons. The van der Waals surface area contributed by atoms with Gasteiger partial charge in [-0.15, -0.1) is 0 Å². The van der Waals surface area contributed by atoms with E-state index in [1.54, 1.807) is 0 Å². The first-order valence-electron chi connectivity index (χ1n) is 10.7. The molecule has 160 valence electrons. The van der Waals surface area contributed by atoms with Crippen molar-refractivity contribution >= 4 is 23.5 Å². The van der Waals surface area contributed by atoms with Crippen molar-refractivity contribution in [1.82, 2.24) is 15.1 Å². The summed E-state index contributed by atoms with van der Waals surface area (Å²) in [6.07, 6.45) is 4.10. The van der Waals surface area contributed by atoms with Crippen molar-refractivity contribution in [2.24, 2.45) is 10.9 Å². The second kappa shape index (κ2) is 10.8. The number of rotatable bonds is 6. The zero-order valence-corrected chi connectivity index (χ0v) is 18.3. The standard InChI is InChI=1S/C22H33ClN4O2/c1-3-29-21(28)17-9-13-27(14-10-17)22(24-2)25-16-20(26-11-4-5-12-26)18-7-6-8-19(23)15-18/h6-8,15,17,20H,3-5,9-14,16H2,1-2H3,(H,24,25). The number of benzene rings is 1. The van der Waals surface area contributed by atoms with E-state index < -0.39 is 0 Å². The van der Waals surface area contributed by atoms with Crippen molar-refractivity contribution in [2.45, 2.75) is 38.6 Å². The van der Waals surface area contributed by atoms with Crippen molar-refractivity contribution in [1.29, 1.82) is 0 Å². The molecule has 1 aromatic rings. The summed E-state index contributed by atoms with van der Waals surface area (Å²) < 4.78 is 5.18. The Morgan fingerprint density at radius 2 is 2.00 bits per heavy atom. The number of piperidine rings is 1. The van der Waals surface area contributed by atoms with E-state index in [4.69, 9.17) is 16.3 Å². The summed E-state index contributed by atoms with van der Waals surface area (Å²) in [6.45, 7) is 6.94. The Hall–Kier alpha value is -1.79. The van der Waals surface area contributed by atoms with Crippen molar-refractivity contribution in [2.75, 3.05) is 46.4 Å². The van der Waals surface area contributed by atoms with Gasteiger partial charge in [-0.3, -0.25) is 14.7 Å². The van der Waals surface area contributed by atoms with Gasteiger partial charge in [0, 0.05) is 31.7 Å². The van der Waals surface area contributed by atoms with Crippen LogP contribution in [0.1, 0.15) is 44.2 Å². The van der Waals surface area contributed by atoms with Crippen LogP contribution in [0, 0.1) is 5.92 Å². The largest absolute Gasteiger partial charge is 0.466 e. The van der Waals surface area contributed by atoms with Crippen LogP contribution < -0.4 is 5.32 Å². The lowest BCUT2D eigenvalue weighted by molar-refractivity contribution is -0.149. The van der Waals surface area contributed by atoms with Crippen LogP contribution in [-0.2, 0) is 9.53 Å². The Kier molecular flexibility index (Phi) is 8.19. The Balaban J connectivity index is 1.60. The van der Waals surface area contributed by atoms with Crippen molar-refractivity contribution in [3.05, 3.63) is 34.9 Å². The maximum atomic E-state index is 12.0. The third-order valence-corrected chi connectivity index (χ3v) is 6.13. The average molecular weight is 421 g/mol. The minimum absolute atomic E-state index is 0.00751. The molecule has 1 unspecified atom stereocenters. The summed E-state index contributed by atoms with van der Waals surface area (Å²) in [7, 11) is 1.82. The molecule has 2 heterocycles. The highest BCUT2D eigenvalue weighted by atomic mass is 35.5. The van der Waals surface area contributed by atoms with Crippen molar-refractivity contribution < 1.29 is 9.53 Å². The number of halogens is 1. The lowest BCUT2D eigenvalue weighted by Gasteiger charge is -2.35. The molecule has 2 aliphatic rings. The summed E-state index contributed by atoms with van der Waals surface area (Å²) in [5.74, 6) is 0.844. The molecule has 0 spiro atoms. The molecule has 1 aromatic carbocycles. The highest BCUT2D eigenvalue weighted by Gasteiger charge is 2.28. The lowest BCUT2D eigenvalue weighted by Crippen LogP contribution is -2.48. The third kappa shape index (κ3) is 5.86. The SMILES string of the molecule is CCOC(=O)C1CCN(C(=NC)NCC(c2cccc(Cl)c2)N2CCCC2)CC1. The molecule has 6 nitrogen and oxygen atoms in total. The van der Waals surface area contributed by atoms with Gasteiger partial charge in [-0.2, -0.15) is 0 Å². The van der Waals surface area contributed by atoms with Crippen molar-refractivity contribution in [3.63, 3.8) is 0 Å². The fourth-order valence-corrected chi connectivity index (χ4v) is 4.53. The van der Waals surface area contributed by atoms with Crippen molar-refractivity contribution in [3.8, 4) is 0 Å². The highest BCUT2D eigenvalue weighted by molar-refractivity contribution is 6.30. The first-order chi connectivity index (χ1) is 14.1.